The average molecular weight is 400 g/mol. The molecule has 2 aromatic rings. The molecular formula is C23H33N3O3. The number of amides is 1. The number of methoxy groups -OCH3 is 2. The smallest absolute Gasteiger partial charge is 0.228 e. The van der Waals surface area contributed by atoms with Gasteiger partial charge in [-0.15, -0.1) is 0 Å². The number of hydrogen-bond acceptors (Lipinski definition) is 5. The lowest BCUT2D eigenvalue weighted by Gasteiger charge is -2.33. The first kappa shape index (κ1) is 22.6. The van der Waals surface area contributed by atoms with Crippen molar-refractivity contribution in [3.63, 3.8) is 0 Å². The van der Waals surface area contributed by atoms with Crippen LogP contribution in [0.5, 0.6) is 11.5 Å². The molecule has 0 aromatic heterocycles. The van der Waals surface area contributed by atoms with Crippen LogP contribution in [0.25, 0.3) is 0 Å². The van der Waals surface area contributed by atoms with Gasteiger partial charge in [-0.05, 0) is 48.8 Å². The van der Waals surface area contributed by atoms with Gasteiger partial charge in [0.2, 0.25) is 5.91 Å². The van der Waals surface area contributed by atoms with Crippen LogP contribution >= 0.6 is 0 Å². The van der Waals surface area contributed by atoms with E-state index in [-0.39, 0.29) is 17.9 Å². The van der Waals surface area contributed by atoms with E-state index in [4.69, 9.17) is 15.2 Å². The molecular weight excluding hydrogens is 366 g/mol. The Morgan fingerprint density at radius 1 is 0.966 bits per heavy atom. The van der Waals surface area contributed by atoms with Crippen LogP contribution in [0.3, 0.4) is 0 Å². The number of rotatable bonds is 6. The molecule has 0 fully saturated rings. The Morgan fingerprint density at radius 3 is 2.03 bits per heavy atom. The second kappa shape index (κ2) is 10.7. The van der Waals surface area contributed by atoms with Crippen molar-refractivity contribution in [1.29, 1.82) is 0 Å². The van der Waals surface area contributed by atoms with Crippen molar-refractivity contribution in [2.24, 2.45) is 0 Å². The minimum atomic E-state index is -0.295. The van der Waals surface area contributed by atoms with Crippen molar-refractivity contribution in [1.82, 2.24) is 10.6 Å². The van der Waals surface area contributed by atoms with Gasteiger partial charge in [-0.3, -0.25) is 4.79 Å². The molecule has 4 N–H and O–H groups in total. The Bertz CT molecular complexity index is 821. The zero-order valence-electron chi connectivity index (χ0n) is 18.0. The topological polar surface area (TPSA) is 85.6 Å². The summed E-state index contributed by atoms with van der Waals surface area (Å²) in [6.45, 7) is 8.39. The third kappa shape index (κ3) is 5.01. The molecule has 1 heterocycles. The van der Waals surface area contributed by atoms with Crippen molar-refractivity contribution in [2.45, 2.75) is 39.2 Å². The average Bonchev–Trinajstić information content (AvgIpc) is 2.73. The highest BCUT2D eigenvalue weighted by molar-refractivity contribution is 5.88. The van der Waals surface area contributed by atoms with E-state index in [2.05, 4.69) is 24.5 Å². The fraction of sp³-hybridized carbons (Fsp3) is 0.435. The molecule has 1 aliphatic rings. The number of nitrogens with one attached hydrogen (secondary N) is 2. The third-order valence-electron chi connectivity index (χ3n) is 5.09. The van der Waals surface area contributed by atoms with Crippen LogP contribution < -0.4 is 25.8 Å². The van der Waals surface area contributed by atoms with Crippen LogP contribution in [0.2, 0.25) is 0 Å². The van der Waals surface area contributed by atoms with E-state index in [0.717, 1.165) is 29.8 Å². The van der Waals surface area contributed by atoms with E-state index in [9.17, 15) is 4.79 Å². The highest BCUT2D eigenvalue weighted by atomic mass is 16.5. The highest BCUT2D eigenvalue weighted by Gasteiger charge is 2.35. The van der Waals surface area contributed by atoms with E-state index in [0.29, 0.717) is 23.6 Å². The Labute approximate surface area is 173 Å². The Kier molecular flexibility index (Phi) is 8.34. The maximum absolute atomic E-state index is 12.6. The summed E-state index contributed by atoms with van der Waals surface area (Å²) >= 11 is 0. The van der Waals surface area contributed by atoms with Gasteiger partial charge in [-0.2, -0.15) is 0 Å². The lowest BCUT2D eigenvalue weighted by Crippen LogP contribution is -2.39. The predicted molar refractivity (Wildman–Crippen MR) is 118 cm³/mol. The molecule has 1 aliphatic heterocycles. The monoisotopic (exact) mass is 399 g/mol. The van der Waals surface area contributed by atoms with Crippen molar-refractivity contribution in [2.75, 3.05) is 33.0 Å². The standard InChI is InChI=1S/C19H22N2O3.C4H11N/c1-4-11-13-9-16(23-2)17(24-3)10-14(13)18(21-19(11)22)12-7-5-6-8-15(12)20;1-3-5-4-2/h5-11,18H,4,20H2,1-3H3,(H,21,22);5H,3-4H2,1-2H3. The first-order chi connectivity index (χ1) is 14.0. The summed E-state index contributed by atoms with van der Waals surface area (Å²) in [6, 6.07) is 11.1. The third-order valence-corrected chi connectivity index (χ3v) is 5.09. The number of nitrogen functional groups attached to an aromatic ring is 1. The highest BCUT2D eigenvalue weighted by Crippen LogP contribution is 2.43. The summed E-state index contributed by atoms with van der Waals surface area (Å²) in [4.78, 5) is 12.6. The fourth-order valence-corrected chi connectivity index (χ4v) is 3.60. The first-order valence-electron chi connectivity index (χ1n) is 10.1. The lowest BCUT2D eigenvalue weighted by atomic mass is 9.81. The van der Waals surface area contributed by atoms with Gasteiger partial charge in [-0.1, -0.05) is 39.0 Å². The van der Waals surface area contributed by atoms with Gasteiger partial charge in [0.25, 0.3) is 0 Å². The van der Waals surface area contributed by atoms with Gasteiger partial charge in [0.1, 0.15) is 0 Å². The van der Waals surface area contributed by atoms with Gasteiger partial charge in [-0.25, -0.2) is 0 Å². The Balaban J connectivity index is 0.000000537. The van der Waals surface area contributed by atoms with Crippen molar-refractivity contribution in [3.05, 3.63) is 53.1 Å². The van der Waals surface area contributed by atoms with Gasteiger partial charge in [0.15, 0.2) is 11.5 Å². The summed E-state index contributed by atoms with van der Waals surface area (Å²) in [5, 5.41) is 6.22. The van der Waals surface area contributed by atoms with Gasteiger partial charge in [0, 0.05) is 11.3 Å². The number of nitrogens with two attached hydrogens (primary N) is 1. The number of fused-ring (bicyclic) bond motifs is 1. The molecule has 1 amide bonds. The molecule has 2 aromatic carbocycles. The largest absolute Gasteiger partial charge is 0.493 e. The van der Waals surface area contributed by atoms with E-state index in [1.165, 1.54) is 0 Å². The number of para-hydroxylation sites is 1. The maximum Gasteiger partial charge on any atom is 0.228 e. The Hall–Kier alpha value is -2.73. The second-order valence-electron chi connectivity index (χ2n) is 6.82. The van der Waals surface area contributed by atoms with Gasteiger partial charge >= 0.3 is 0 Å². The number of carbonyl (C=O) groups is 1. The van der Waals surface area contributed by atoms with Gasteiger partial charge in [0.05, 0.1) is 26.2 Å². The molecule has 3 rings (SSSR count). The van der Waals surface area contributed by atoms with E-state index >= 15 is 0 Å². The summed E-state index contributed by atoms with van der Waals surface area (Å²) in [6.07, 6.45) is 0.714. The van der Waals surface area contributed by atoms with Crippen LogP contribution in [-0.2, 0) is 4.79 Å². The van der Waals surface area contributed by atoms with E-state index in [1.807, 2.05) is 43.3 Å². The number of hydrogen-bond donors (Lipinski definition) is 3. The van der Waals surface area contributed by atoms with Gasteiger partial charge < -0.3 is 25.8 Å². The molecule has 2 atom stereocenters. The number of ether oxygens (including phenoxy) is 2. The zero-order chi connectivity index (χ0) is 21.4. The molecule has 6 heteroatoms. The normalized spacial score (nSPS) is 17.5. The number of carbonyl (C=O) groups excluding carboxylic acids is 1. The van der Waals surface area contributed by atoms with Crippen LogP contribution in [-0.4, -0.2) is 33.2 Å². The molecule has 29 heavy (non-hydrogen) atoms. The van der Waals surface area contributed by atoms with Crippen LogP contribution in [0.15, 0.2) is 36.4 Å². The van der Waals surface area contributed by atoms with Crippen LogP contribution in [0.1, 0.15) is 55.8 Å². The molecule has 0 saturated heterocycles. The molecule has 0 spiro atoms. The quantitative estimate of drug-likeness (QED) is 0.646. The van der Waals surface area contributed by atoms with Crippen molar-refractivity contribution >= 4 is 11.6 Å². The molecule has 0 saturated carbocycles. The summed E-state index contributed by atoms with van der Waals surface area (Å²) in [5.41, 5.74) is 9.64. The molecule has 0 bridgehead atoms. The fourth-order valence-electron chi connectivity index (χ4n) is 3.60. The lowest BCUT2D eigenvalue weighted by molar-refractivity contribution is -0.123. The maximum atomic E-state index is 12.6. The molecule has 158 valence electrons. The summed E-state index contributed by atoms with van der Waals surface area (Å²) < 4.78 is 10.9. The summed E-state index contributed by atoms with van der Waals surface area (Å²) in [5.74, 6) is 1.07. The van der Waals surface area contributed by atoms with Crippen LogP contribution in [0, 0.1) is 0 Å². The molecule has 2 unspecified atom stereocenters. The number of benzene rings is 2. The minimum absolute atomic E-state index is 0.00507. The Morgan fingerprint density at radius 2 is 1.55 bits per heavy atom. The first-order valence-corrected chi connectivity index (χ1v) is 10.1. The molecule has 0 radical (unpaired) electrons. The molecule has 6 nitrogen and oxygen atoms in total. The zero-order valence-corrected chi connectivity index (χ0v) is 18.0. The van der Waals surface area contributed by atoms with Crippen LogP contribution in [0.4, 0.5) is 5.69 Å². The van der Waals surface area contributed by atoms with E-state index in [1.54, 1.807) is 14.2 Å². The number of anilines is 1. The van der Waals surface area contributed by atoms with Crippen molar-refractivity contribution in [3.8, 4) is 11.5 Å². The predicted octanol–water partition coefficient (Wildman–Crippen LogP) is 3.61. The SMILES string of the molecule is CCC1C(=O)NC(c2ccccc2N)c2cc(OC)c(OC)cc21.CCNCC. The van der Waals surface area contributed by atoms with Crippen molar-refractivity contribution < 1.29 is 14.3 Å². The second-order valence-corrected chi connectivity index (χ2v) is 6.82. The molecule has 0 aliphatic carbocycles. The minimum Gasteiger partial charge on any atom is -0.493 e. The summed E-state index contributed by atoms with van der Waals surface area (Å²) in [7, 11) is 3.20. The van der Waals surface area contributed by atoms with E-state index < -0.39 is 0 Å².